The highest BCUT2D eigenvalue weighted by Crippen LogP contribution is 2.23. The summed E-state index contributed by atoms with van der Waals surface area (Å²) in [4.78, 5) is 11.4. The Morgan fingerprint density at radius 2 is 2.21 bits per heavy atom. The smallest absolute Gasteiger partial charge is 0.337 e. The molecule has 1 saturated heterocycles. The van der Waals surface area contributed by atoms with E-state index >= 15 is 0 Å². The van der Waals surface area contributed by atoms with E-state index in [9.17, 15) is 4.79 Å². The second-order valence-corrected chi connectivity index (χ2v) is 3.19. The van der Waals surface area contributed by atoms with Gasteiger partial charge < -0.3 is 14.6 Å². The second-order valence-electron chi connectivity index (χ2n) is 3.19. The molecule has 0 aromatic rings. The molecule has 0 aromatic carbocycles. The summed E-state index contributed by atoms with van der Waals surface area (Å²) in [5, 5.41) is 8.97. The van der Waals surface area contributed by atoms with Crippen molar-refractivity contribution in [1.82, 2.24) is 0 Å². The molecular formula is C10H16O4. The zero-order valence-electron chi connectivity index (χ0n) is 8.36. The van der Waals surface area contributed by atoms with Crippen molar-refractivity contribution in [2.75, 3.05) is 19.8 Å². The number of aliphatic hydroxyl groups is 1. The summed E-state index contributed by atoms with van der Waals surface area (Å²) >= 11 is 0. The lowest BCUT2D eigenvalue weighted by Gasteiger charge is -2.22. The van der Waals surface area contributed by atoms with Gasteiger partial charge in [-0.05, 0) is 25.7 Å². The lowest BCUT2D eigenvalue weighted by Crippen LogP contribution is -2.23. The van der Waals surface area contributed by atoms with Crippen LogP contribution in [0.3, 0.4) is 0 Å². The third-order valence-electron chi connectivity index (χ3n) is 2.31. The van der Waals surface area contributed by atoms with Gasteiger partial charge in [-0.1, -0.05) is 0 Å². The van der Waals surface area contributed by atoms with Gasteiger partial charge in [0.1, 0.15) is 0 Å². The van der Waals surface area contributed by atoms with Crippen LogP contribution < -0.4 is 0 Å². The van der Waals surface area contributed by atoms with Crippen LogP contribution in [-0.2, 0) is 14.3 Å². The van der Waals surface area contributed by atoms with E-state index in [0.717, 1.165) is 19.1 Å². The van der Waals surface area contributed by atoms with Crippen LogP contribution in [0.2, 0.25) is 0 Å². The maximum Gasteiger partial charge on any atom is 0.337 e. The van der Waals surface area contributed by atoms with E-state index in [1.165, 1.54) is 0 Å². The Labute approximate surface area is 83.5 Å². The van der Waals surface area contributed by atoms with Crippen molar-refractivity contribution in [2.24, 2.45) is 5.92 Å². The molecule has 1 aliphatic heterocycles. The van der Waals surface area contributed by atoms with Crippen LogP contribution in [0.1, 0.15) is 19.8 Å². The largest absolute Gasteiger partial charge is 0.515 e. The van der Waals surface area contributed by atoms with Crippen LogP contribution in [0.25, 0.3) is 0 Å². The number of aliphatic hydroxyl groups excluding tert-OH is 1. The zero-order valence-corrected chi connectivity index (χ0v) is 8.36. The highest BCUT2D eigenvalue weighted by Gasteiger charge is 2.24. The zero-order chi connectivity index (χ0) is 10.4. The molecule has 0 spiro atoms. The molecule has 1 heterocycles. The quantitative estimate of drug-likeness (QED) is 0.425. The summed E-state index contributed by atoms with van der Waals surface area (Å²) in [7, 11) is 0. The van der Waals surface area contributed by atoms with Gasteiger partial charge in [0.2, 0.25) is 0 Å². The first-order chi connectivity index (χ1) is 6.79. The van der Waals surface area contributed by atoms with E-state index in [-0.39, 0.29) is 5.92 Å². The fraction of sp³-hybridized carbons (Fsp3) is 0.700. The van der Waals surface area contributed by atoms with E-state index in [0.29, 0.717) is 25.4 Å². The molecule has 0 unspecified atom stereocenters. The average molecular weight is 200 g/mol. The molecule has 80 valence electrons. The number of hydrogen-bond donors (Lipinski definition) is 1. The summed E-state index contributed by atoms with van der Waals surface area (Å²) in [6, 6.07) is 0. The fourth-order valence-electron chi connectivity index (χ4n) is 1.55. The van der Waals surface area contributed by atoms with Crippen molar-refractivity contribution in [3.8, 4) is 0 Å². The topological polar surface area (TPSA) is 55.8 Å². The number of hydrogen-bond acceptors (Lipinski definition) is 4. The van der Waals surface area contributed by atoms with E-state index in [1.54, 1.807) is 6.92 Å². The third-order valence-corrected chi connectivity index (χ3v) is 2.31. The number of esters is 1. The summed E-state index contributed by atoms with van der Waals surface area (Å²) in [6.07, 6.45) is 2.41. The minimum absolute atomic E-state index is 0.0767. The molecule has 0 bridgehead atoms. The Morgan fingerprint density at radius 1 is 1.57 bits per heavy atom. The summed E-state index contributed by atoms with van der Waals surface area (Å²) in [6.45, 7) is 3.36. The first-order valence-electron chi connectivity index (χ1n) is 4.88. The van der Waals surface area contributed by atoms with Gasteiger partial charge >= 0.3 is 5.97 Å². The number of carbonyl (C=O) groups excluding carboxylic acids is 1. The van der Waals surface area contributed by atoms with Crippen LogP contribution in [0, 0.1) is 5.92 Å². The lowest BCUT2D eigenvalue weighted by atomic mass is 9.92. The van der Waals surface area contributed by atoms with Gasteiger partial charge in [0.25, 0.3) is 0 Å². The van der Waals surface area contributed by atoms with E-state index in [1.807, 2.05) is 0 Å². The van der Waals surface area contributed by atoms with Crippen molar-refractivity contribution in [3.63, 3.8) is 0 Å². The van der Waals surface area contributed by atoms with Crippen LogP contribution >= 0.6 is 0 Å². The maximum atomic E-state index is 11.4. The van der Waals surface area contributed by atoms with Crippen molar-refractivity contribution in [2.45, 2.75) is 19.8 Å². The van der Waals surface area contributed by atoms with Crippen molar-refractivity contribution in [1.29, 1.82) is 0 Å². The van der Waals surface area contributed by atoms with Crippen molar-refractivity contribution < 1.29 is 19.4 Å². The molecule has 4 heteroatoms. The normalized spacial score (nSPS) is 19.4. The third kappa shape index (κ3) is 2.73. The molecule has 1 N–H and O–H groups in total. The predicted octanol–water partition coefficient (Wildman–Crippen LogP) is 1.42. The van der Waals surface area contributed by atoms with Crippen LogP contribution in [0.15, 0.2) is 11.8 Å². The van der Waals surface area contributed by atoms with E-state index < -0.39 is 5.97 Å². The van der Waals surface area contributed by atoms with Crippen LogP contribution in [-0.4, -0.2) is 30.9 Å². The molecular weight excluding hydrogens is 184 g/mol. The first kappa shape index (κ1) is 11.0. The Hall–Kier alpha value is -1.03. The van der Waals surface area contributed by atoms with Gasteiger partial charge in [0.15, 0.2) is 0 Å². The Morgan fingerprint density at radius 3 is 2.71 bits per heavy atom. The van der Waals surface area contributed by atoms with Crippen LogP contribution in [0.4, 0.5) is 0 Å². The molecule has 14 heavy (non-hydrogen) atoms. The number of ether oxygens (including phenoxy) is 2. The number of rotatable bonds is 3. The van der Waals surface area contributed by atoms with Gasteiger partial charge in [-0.25, -0.2) is 4.79 Å². The van der Waals surface area contributed by atoms with Crippen molar-refractivity contribution in [3.05, 3.63) is 11.8 Å². The molecule has 4 nitrogen and oxygen atoms in total. The standard InChI is InChI=1S/C10H16O4/c1-2-14-10(12)9(7-11)8-3-5-13-6-4-8/h7-8,11H,2-6H2,1H3. The second kappa shape index (κ2) is 5.65. The molecule has 0 radical (unpaired) electrons. The SMILES string of the molecule is CCOC(=O)C(=CO)C1CCOCC1. The van der Waals surface area contributed by atoms with Gasteiger partial charge in [-0.15, -0.1) is 0 Å². The number of carbonyl (C=O) groups is 1. The molecule has 0 aromatic heterocycles. The lowest BCUT2D eigenvalue weighted by molar-refractivity contribution is -0.139. The fourth-order valence-corrected chi connectivity index (χ4v) is 1.55. The van der Waals surface area contributed by atoms with Gasteiger partial charge in [-0.3, -0.25) is 0 Å². The molecule has 1 fully saturated rings. The molecule has 0 amide bonds. The Bertz CT molecular complexity index is 216. The van der Waals surface area contributed by atoms with E-state index in [2.05, 4.69) is 0 Å². The highest BCUT2D eigenvalue weighted by molar-refractivity contribution is 5.88. The van der Waals surface area contributed by atoms with Gasteiger partial charge in [0.05, 0.1) is 18.4 Å². The Balaban J connectivity index is 2.56. The van der Waals surface area contributed by atoms with E-state index in [4.69, 9.17) is 14.6 Å². The van der Waals surface area contributed by atoms with Crippen molar-refractivity contribution >= 4 is 5.97 Å². The van der Waals surface area contributed by atoms with Gasteiger partial charge in [-0.2, -0.15) is 0 Å². The molecule has 1 rings (SSSR count). The first-order valence-corrected chi connectivity index (χ1v) is 4.88. The van der Waals surface area contributed by atoms with Gasteiger partial charge in [0, 0.05) is 13.2 Å². The average Bonchev–Trinajstić information content (AvgIpc) is 2.21. The predicted molar refractivity (Wildman–Crippen MR) is 50.9 cm³/mol. The minimum atomic E-state index is -0.415. The Kier molecular flexibility index (Phi) is 4.46. The summed E-state index contributed by atoms with van der Waals surface area (Å²) < 4.78 is 10.0. The van der Waals surface area contributed by atoms with Crippen LogP contribution in [0.5, 0.6) is 0 Å². The summed E-state index contributed by atoms with van der Waals surface area (Å²) in [5.41, 5.74) is 0.371. The minimum Gasteiger partial charge on any atom is -0.515 e. The monoisotopic (exact) mass is 200 g/mol. The maximum absolute atomic E-state index is 11.4. The molecule has 1 aliphatic rings. The molecule has 0 aliphatic carbocycles. The molecule has 0 saturated carbocycles. The summed E-state index contributed by atoms with van der Waals surface area (Å²) in [5.74, 6) is -0.338. The highest BCUT2D eigenvalue weighted by atomic mass is 16.5. The molecule has 0 atom stereocenters.